The fourth-order valence-corrected chi connectivity index (χ4v) is 2.03. The Labute approximate surface area is 118 Å². The number of aromatic nitrogens is 4. The van der Waals surface area contributed by atoms with Crippen molar-refractivity contribution in [2.24, 2.45) is 0 Å². The van der Waals surface area contributed by atoms with Crippen molar-refractivity contribution in [1.82, 2.24) is 29.7 Å². The Kier molecular flexibility index (Phi) is 4.75. The minimum atomic E-state index is -0.203. The highest BCUT2D eigenvalue weighted by Crippen LogP contribution is 2.09. The van der Waals surface area contributed by atoms with E-state index in [1.165, 1.54) is 0 Å². The summed E-state index contributed by atoms with van der Waals surface area (Å²) in [5, 5.41) is 5.87. The van der Waals surface area contributed by atoms with E-state index in [4.69, 9.17) is 0 Å². The van der Waals surface area contributed by atoms with Crippen molar-refractivity contribution in [1.29, 1.82) is 0 Å². The Morgan fingerprint density at radius 2 is 1.45 bits per heavy atom. The van der Waals surface area contributed by atoms with E-state index in [2.05, 4.69) is 20.6 Å². The first-order valence-electron chi connectivity index (χ1n) is 6.76. The first-order chi connectivity index (χ1) is 9.74. The molecule has 0 fully saturated rings. The molecule has 108 valence electrons. The monoisotopic (exact) mass is 276 g/mol. The zero-order valence-corrected chi connectivity index (χ0v) is 11.7. The summed E-state index contributed by atoms with van der Waals surface area (Å²) >= 11 is 0. The van der Waals surface area contributed by atoms with E-state index in [0.717, 1.165) is 12.8 Å². The first-order valence-corrected chi connectivity index (χ1v) is 6.76. The second kappa shape index (κ2) is 6.74. The van der Waals surface area contributed by atoms with Gasteiger partial charge in [-0.3, -0.25) is 0 Å². The molecule has 0 radical (unpaired) electrons. The molecule has 2 rings (SSSR count). The highest BCUT2D eigenvalue weighted by molar-refractivity contribution is 5.74. The largest absolute Gasteiger partial charge is 0.318 e. The summed E-state index contributed by atoms with van der Waals surface area (Å²) in [5.74, 6) is 0. The Morgan fingerprint density at radius 3 is 1.75 bits per heavy atom. The van der Waals surface area contributed by atoms with Crippen LogP contribution in [0.3, 0.4) is 0 Å². The van der Waals surface area contributed by atoms with E-state index in [1.807, 2.05) is 35.4 Å². The second-order valence-corrected chi connectivity index (χ2v) is 4.49. The van der Waals surface area contributed by atoms with Gasteiger partial charge in [0, 0.05) is 24.8 Å². The summed E-state index contributed by atoms with van der Waals surface area (Å²) < 4.78 is 3.75. The van der Waals surface area contributed by atoms with Crippen LogP contribution in [0.15, 0.2) is 37.4 Å². The zero-order valence-electron chi connectivity index (χ0n) is 11.7. The molecular formula is C13H20N6O. The Bertz CT molecular complexity index is 461. The van der Waals surface area contributed by atoms with Crippen LogP contribution in [0.4, 0.5) is 4.79 Å². The summed E-state index contributed by atoms with van der Waals surface area (Å²) in [6, 6.07) is -0.203. The lowest BCUT2D eigenvalue weighted by molar-refractivity contribution is 0.221. The number of carbonyl (C=O) groups excluding carboxylic acids is 1. The number of rotatable bonds is 6. The van der Waals surface area contributed by atoms with E-state index in [1.54, 1.807) is 25.0 Å². The number of hydrogen-bond donors (Lipinski definition) is 2. The molecular weight excluding hydrogens is 256 g/mol. The van der Waals surface area contributed by atoms with Gasteiger partial charge < -0.3 is 19.8 Å². The van der Waals surface area contributed by atoms with Gasteiger partial charge in [0.2, 0.25) is 0 Å². The van der Waals surface area contributed by atoms with Gasteiger partial charge in [-0.15, -0.1) is 0 Å². The van der Waals surface area contributed by atoms with E-state index in [-0.39, 0.29) is 18.4 Å². The smallest absolute Gasteiger partial charge is 0.317 e. The average molecular weight is 276 g/mol. The summed E-state index contributed by atoms with van der Waals surface area (Å²) in [6.07, 6.45) is 11.8. The van der Waals surface area contributed by atoms with Crippen LogP contribution in [-0.2, 0) is 0 Å². The van der Waals surface area contributed by atoms with E-state index in [9.17, 15) is 4.79 Å². The number of nitrogens with one attached hydrogen (secondary N) is 2. The molecule has 2 atom stereocenters. The molecule has 2 aromatic rings. The predicted molar refractivity (Wildman–Crippen MR) is 74.8 cm³/mol. The number of imidazole rings is 2. The van der Waals surface area contributed by atoms with Gasteiger partial charge in [-0.25, -0.2) is 14.8 Å². The maximum atomic E-state index is 12.1. The molecule has 2 amide bonds. The SMILES string of the molecule is CCC(NC(=O)NC(CC)n1ccnc1)n1ccnc1. The number of hydrogen-bond acceptors (Lipinski definition) is 3. The molecule has 7 heteroatoms. The lowest BCUT2D eigenvalue weighted by Crippen LogP contribution is -2.42. The van der Waals surface area contributed by atoms with Crippen molar-refractivity contribution in [2.45, 2.75) is 39.0 Å². The molecule has 0 saturated heterocycles. The summed E-state index contributed by atoms with van der Waals surface area (Å²) in [7, 11) is 0. The average Bonchev–Trinajstić information content (AvgIpc) is 3.14. The molecule has 0 bridgehead atoms. The summed E-state index contributed by atoms with van der Waals surface area (Å²) in [4.78, 5) is 20.1. The van der Waals surface area contributed by atoms with Crippen LogP contribution in [0, 0.1) is 0 Å². The van der Waals surface area contributed by atoms with Gasteiger partial charge in [0.25, 0.3) is 0 Å². The first kappa shape index (κ1) is 14.1. The molecule has 0 aliphatic carbocycles. The van der Waals surface area contributed by atoms with Gasteiger partial charge in [-0.1, -0.05) is 13.8 Å². The minimum Gasteiger partial charge on any atom is -0.317 e. The molecule has 0 aromatic carbocycles. The van der Waals surface area contributed by atoms with Crippen molar-refractivity contribution >= 4 is 6.03 Å². The van der Waals surface area contributed by atoms with E-state index < -0.39 is 0 Å². The van der Waals surface area contributed by atoms with Gasteiger partial charge in [-0.05, 0) is 12.8 Å². The third-order valence-electron chi connectivity index (χ3n) is 3.14. The molecule has 20 heavy (non-hydrogen) atoms. The third-order valence-corrected chi connectivity index (χ3v) is 3.14. The highest BCUT2D eigenvalue weighted by Gasteiger charge is 2.15. The molecule has 0 aliphatic heterocycles. The molecule has 2 N–H and O–H groups in total. The van der Waals surface area contributed by atoms with Crippen LogP contribution >= 0.6 is 0 Å². The van der Waals surface area contributed by atoms with Crippen LogP contribution in [0.2, 0.25) is 0 Å². The molecule has 7 nitrogen and oxygen atoms in total. The lowest BCUT2D eigenvalue weighted by Gasteiger charge is -2.22. The summed E-state index contributed by atoms with van der Waals surface area (Å²) in [6.45, 7) is 4.02. The fourth-order valence-electron chi connectivity index (χ4n) is 2.03. The highest BCUT2D eigenvalue weighted by atomic mass is 16.2. The Balaban J connectivity index is 1.94. The third kappa shape index (κ3) is 3.37. The molecule has 2 aromatic heterocycles. The fraction of sp³-hybridized carbons (Fsp3) is 0.462. The zero-order chi connectivity index (χ0) is 14.4. The van der Waals surface area contributed by atoms with Crippen molar-refractivity contribution in [3.8, 4) is 0 Å². The maximum Gasteiger partial charge on any atom is 0.318 e. The number of urea groups is 1. The van der Waals surface area contributed by atoms with Gasteiger partial charge in [-0.2, -0.15) is 0 Å². The minimum absolute atomic E-state index is 0.0993. The van der Waals surface area contributed by atoms with Gasteiger partial charge in [0.1, 0.15) is 12.3 Å². The number of carbonyl (C=O) groups is 1. The van der Waals surface area contributed by atoms with Gasteiger partial charge in [0.15, 0.2) is 0 Å². The topological polar surface area (TPSA) is 76.8 Å². The normalized spacial score (nSPS) is 13.7. The van der Waals surface area contributed by atoms with E-state index >= 15 is 0 Å². The lowest BCUT2D eigenvalue weighted by atomic mass is 10.3. The Morgan fingerprint density at radius 1 is 1.00 bits per heavy atom. The van der Waals surface area contributed by atoms with Gasteiger partial charge in [0.05, 0.1) is 12.7 Å². The van der Waals surface area contributed by atoms with Crippen LogP contribution in [0.25, 0.3) is 0 Å². The van der Waals surface area contributed by atoms with Crippen molar-refractivity contribution in [2.75, 3.05) is 0 Å². The number of amides is 2. The second-order valence-electron chi connectivity index (χ2n) is 4.49. The molecule has 0 aliphatic rings. The van der Waals surface area contributed by atoms with Gasteiger partial charge >= 0.3 is 6.03 Å². The van der Waals surface area contributed by atoms with Crippen LogP contribution in [0.5, 0.6) is 0 Å². The number of nitrogens with zero attached hydrogens (tertiary/aromatic N) is 4. The van der Waals surface area contributed by atoms with E-state index in [0.29, 0.717) is 0 Å². The molecule has 2 heterocycles. The summed E-state index contributed by atoms with van der Waals surface area (Å²) in [5.41, 5.74) is 0. The van der Waals surface area contributed by atoms with Crippen LogP contribution in [0.1, 0.15) is 39.0 Å². The van der Waals surface area contributed by atoms with Crippen molar-refractivity contribution in [3.63, 3.8) is 0 Å². The van der Waals surface area contributed by atoms with Crippen LogP contribution < -0.4 is 10.6 Å². The van der Waals surface area contributed by atoms with Crippen molar-refractivity contribution < 1.29 is 4.79 Å². The molecule has 2 unspecified atom stereocenters. The predicted octanol–water partition coefficient (Wildman–Crippen LogP) is 1.90. The molecule has 0 spiro atoms. The maximum absolute atomic E-state index is 12.1. The Hall–Kier alpha value is -2.31. The standard InChI is InChI=1S/C13H20N6O/c1-3-11(18-7-5-14-9-18)16-13(20)17-12(4-2)19-8-6-15-10-19/h5-12H,3-4H2,1-2H3,(H2,16,17,20). The van der Waals surface area contributed by atoms with Crippen LogP contribution in [-0.4, -0.2) is 25.1 Å². The van der Waals surface area contributed by atoms with Crippen molar-refractivity contribution in [3.05, 3.63) is 37.4 Å². The quantitative estimate of drug-likeness (QED) is 0.846. The molecule has 0 saturated carbocycles.